The van der Waals surface area contributed by atoms with E-state index in [2.05, 4.69) is 10.3 Å². The third-order valence-electron chi connectivity index (χ3n) is 4.27. The lowest BCUT2D eigenvalue weighted by atomic mass is 9.89. The van der Waals surface area contributed by atoms with Crippen LogP contribution in [0, 0.1) is 18.7 Å². The van der Waals surface area contributed by atoms with Crippen molar-refractivity contribution in [1.82, 2.24) is 0 Å². The monoisotopic (exact) mass is 399 g/mol. The highest BCUT2D eigenvalue weighted by Crippen LogP contribution is 2.44. The molecule has 0 saturated heterocycles. The normalized spacial score (nSPS) is 20.6. The van der Waals surface area contributed by atoms with E-state index in [0.29, 0.717) is 12.9 Å². The summed E-state index contributed by atoms with van der Waals surface area (Å²) in [7, 11) is 0.500. The van der Waals surface area contributed by atoms with E-state index < -0.39 is 36.0 Å². The van der Waals surface area contributed by atoms with E-state index in [9.17, 15) is 22.4 Å². The van der Waals surface area contributed by atoms with Crippen molar-refractivity contribution in [1.29, 1.82) is 0 Å². The van der Waals surface area contributed by atoms with Gasteiger partial charge in [-0.2, -0.15) is 0 Å². The lowest BCUT2D eigenvalue weighted by molar-refractivity contribution is -0.0462. The van der Waals surface area contributed by atoms with Gasteiger partial charge in [0.05, 0.1) is 13.0 Å². The number of alkyl halides is 3. The third-order valence-corrected chi connectivity index (χ3v) is 4.27. The summed E-state index contributed by atoms with van der Waals surface area (Å²) in [5.74, 6) is -4.57. The van der Waals surface area contributed by atoms with Crippen molar-refractivity contribution in [3.8, 4) is 0 Å². The summed E-state index contributed by atoms with van der Waals surface area (Å²) in [5, 5.41) is 2.50. The van der Waals surface area contributed by atoms with Gasteiger partial charge in [0.25, 0.3) is 11.8 Å². The van der Waals surface area contributed by atoms with Crippen molar-refractivity contribution < 1.29 is 26.8 Å². The number of halogens is 4. The maximum absolute atomic E-state index is 14.4. The number of amides is 1. The number of nitrogens with two attached hydrogens (primary N) is 1. The number of rotatable bonds is 3. The number of hydrogen-bond donors (Lipinski definition) is 2. The summed E-state index contributed by atoms with van der Waals surface area (Å²) in [6.07, 6.45) is -0.519. The van der Waals surface area contributed by atoms with Crippen molar-refractivity contribution in [2.24, 2.45) is 16.6 Å². The number of carbonyl (C=O) groups excluding carboxylic acids is 1. The second-order valence-corrected chi connectivity index (χ2v) is 6.42. The first-order valence-corrected chi connectivity index (χ1v) is 8.43. The fourth-order valence-electron chi connectivity index (χ4n) is 2.87. The number of aryl methyl sites for hydroxylation is 1. The van der Waals surface area contributed by atoms with Gasteiger partial charge in [0.1, 0.15) is 17.6 Å². The second kappa shape index (κ2) is 8.45. The zero-order valence-corrected chi connectivity index (χ0v) is 15.6. The molecule has 0 spiro atoms. The van der Waals surface area contributed by atoms with Crippen LogP contribution in [-0.4, -0.2) is 24.8 Å². The Balaban J connectivity index is 0.00000136. The SMILES string of the molecule is CF.Cc1ccc(C(=O)Nc2ccc(F)c(C3N=C(N)C(C)CC3(F)F)c2)o1. The topological polar surface area (TPSA) is 80.6 Å². The molecule has 1 aromatic carbocycles. The highest BCUT2D eigenvalue weighted by atomic mass is 19.3. The number of benzene rings is 1. The van der Waals surface area contributed by atoms with Crippen LogP contribution in [-0.2, 0) is 0 Å². The van der Waals surface area contributed by atoms with Gasteiger partial charge in [-0.05, 0) is 37.3 Å². The van der Waals surface area contributed by atoms with Crippen molar-refractivity contribution in [3.63, 3.8) is 0 Å². The Kier molecular flexibility index (Phi) is 6.48. The quantitative estimate of drug-likeness (QED) is 0.738. The first-order valence-electron chi connectivity index (χ1n) is 8.43. The Morgan fingerprint density at radius 3 is 2.57 bits per heavy atom. The minimum atomic E-state index is -3.25. The minimum Gasteiger partial charge on any atom is -0.456 e. The van der Waals surface area contributed by atoms with E-state index in [-0.39, 0.29) is 22.8 Å². The van der Waals surface area contributed by atoms with E-state index in [4.69, 9.17) is 10.2 Å². The molecule has 1 aliphatic heterocycles. The molecule has 0 fully saturated rings. The fraction of sp³-hybridized carbons (Fsp3) is 0.368. The zero-order valence-electron chi connectivity index (χ0n) is 15.6. The van der Waals surface area contributed by atoms with Crippen LogP contribution in [0.25, 0.3) is 0 Å². The Morgan fingerprint density at radius 2 is 1.96 bits per heavy atom. The van der Waals surface area contributed by atoms with Gasteiger partial charge in [-0.15, -0.1) is 0 Å². The van der Waals surface area contributed by atoms with Gasteiger partial charge in [-0.1, -0.05) is 6.92 Å². The van der Waals surface area contributed by atoms with Gasteiger partial charge in [0.2, 0.25) is 0 Å². The molecule has 1 aromatic heterocycles. The smallest absolute Gasteiger partial charge is 0.291 e. The van der Waals surface area contributed by atoms with Crippen LogP contribution < -0.4 is 11.1 Å². The Labute approximate surface area is 159 Å². The number of anilines is 1. The van der Waals surface area contributed by atoms with E-state index in [0.717, 1.165) is 12.1 Å². The lowest BCUT2D eigenvalue weighted by Gasteiger charge is -2.32. The van der Waals surface area contributed by atoms with Gasteiger partial charge < -0.3 is 15.5 Å². The van der Waals surface area contributed by atoms with Gasteiger partial charge >= 0.3 is 0 Å². The molecule has 2 atom stereocenters. The van der Waals surface area contributed by atoms with E-state index in [1.54, 1.807) is 19.9 Å². The summed E-state index contributed by atoms with van der Waals surface area (Å²) in [6, 6.07) is 4.81. The van der Waals surface area contributed by atoms with Crippen LogP contribution in [0.3, 0.4) is 0 Å². The van der Waals surface area contributed by atoms with E-state index in [1.165, 1.54) is 12.1 Å². The molecule has 5 nitrogen and oxygen atoms in total. The summed E-state index contributed by atoms with van der Waals surface area (Å²) in [4.78, 5) is 15.9. The summed E-state index contributed by atoms with van der Waals surface area (Å²) >= 11 is 0. The van der Waals surface area contributed by atoms with E-state index in [1.807, 2.05) is 0 Å². The maximum Gasteiger partial charge on any atom is 0.291 e. The van der Waals surface area contributed by atoms with Gasteiger partial charge in [-0.25, -0.2) is 13.2 Å². The Morgan fingerprint density at radius 1 is 1.29 bits per heavy atom. The molecule has 0 bridgehead atoms. The molecule has 152 valence electrons. The molecular formula is C19H21F4N3O2. The molecule has 0 radical (unpaired) electrons. The summed E-state index contributed by atoms with van der Waals surface area (Å²) in [5.41, 5.74) is 5.52. The minimum absolute atomic E-state index is 0.0563. The molecule has 1 aliphatic rings. The van der Waals surface area contributed by atoms with Crippen molar-refractivity contribution in [2.45, 2.75) is 32.2 Å². The fourth-order valence-corrected chi connectivity index (χ4v) is 2.87. The highest BCUT2D eigenvalue weighted by Gasteiger charge is 2.46. The first kappa shape index (κ1) is 21.5. The van der Waals surface area contributed by atoms with Crippen LogP contribution >= 0.6 is 0 Å². The van der Waals surface area contributed by atoms with Crippen molar-refractivity contribution in [3.05, 3.63) is 53.2 Å². The first-order chi connectivity index (χ1) is 13.2. The number of nitrogens with zero attached hydrogens (tertiary/aromatic N) is 1. The van der Waals surface area contributed by atoms with Gasteiger partial charge in [0, 0.05) is 23.6 Å². The average molecular weight is 399 g/mol. The molecule has 9 heteroatoms. The largest absolute Gasteiger partial charge is 0.456 e. The van der Waals surface area contributed by atoms with Gasteiger partial charge in [0.15, 0.2) is 5.76 Å². The Bertz CT molecular complexity index is 880. The highest BCUT2D eigenvalue weighted by molar-refractivity contribution is 6.02. The zero-order chi connectivity index (χ0) is 21.1. The molecule has 3 N–H and O–H groups in total. The predicted molar refractivity (Wildman–Crippen MR) is 97.9 cm³/mol. The molecule has 2 aromatic rings. The lowest BCUT2D eigenvalue weighted by Crippen LogP contribution is -2.39. The molecule has 2 heterocycles. The number of furan rings is 1. The predicted octanol–water partition coefficient (Wildman–Crippen LogP) is 4.64. The number of carbonyl (C=O) groups is 1. The maximum atomic E-state index is 14.4. The number of nitrogens with one attached hydrogen (secondary N) is 1. The van der Waals surface area contributed by atoms with Crippen molar-refractivity contribution >= 4 is 17.4 Å². The molecule has 28 heavy (non-hydrogen) atoms. The standard InChI is InChI=1S/C18H18F3N3O2.CH3F/c1-9-8-18(20,21)15(24-16(9)22)12-7-11(4-5-13(12)19)23-17(25)14-6-3-10(2)26-14;1-2/h3-7,9,15H,8H2,1-2H3,(H2,22,24)(H,23,25);1H3. The Hall–Kier alpha value is -2.84. The van der Waals surface area contributed by atoms with E-state index >= 15 is 0 Å². The molecule has 0 aliphatic carbocycles. The average Bonchev–Trinajstić information content (AvgIpc) is 3.08. The molecule has 1 amide bonds. The molecule has 3 rings (SSSR count). The van der Waals surface area contributed by atoms with Crippen LogP contribution in [0.5, 0.6) is 0 Å². The third kappa shape index (κ3) is 4.52. The molecular weight excluding hydrogens is 378 g/mol. The van der Waals surface area contributed by atoms with Gasteiger partial charge in [-0.3, -0.25) is 14.2 Å². The summed E-state index contributed by atoms with van der Waals surface area (Å²) in [6.45, 7) is 3.22. The van der Waals surface area contributed by atoms with Crippen molar-refractivity contribution in [2.75, 3.05) is 12.5 Å². The van der Waals surface area contributed by atoms with Crippen LogP contribution in [0.15, 0.2) is 39.7 Å². The van der Waals surface area contributed by atoms with Crippen LogP contribution in [0.1, 0.15) is 41.3 Å². The second-order valence-electron chi connectivity index (χ2n) is 6.42. The molecule has 0 saturated carbocycles. The number of aliphatic imine (C=N–C) groups is 1. The number of hydrogen-bond acceptors (Lipinski definition) is 4. The van der Waals surface area contributed by atoms with Crippen LogP contribution in [0.2, 0.25) is 0 Å². The van der Waals surface area contributed by atoms with Crippen LogP contribution in [0.4, 0.5) is 23.2 Å². The number of amidine groups is 1. The summed E-state index contributed by atoms with van der Waals surface area (Å²) < 4.78 is 57.7. The molecule has 2 unspecified atom stereocenters.